The number of fused-ring (bicyclic) bond motifs is 1. The van der Waals surface area contributed by atoms with Crippen LogP contribution in [0.2, 0.25) is 0 Å². The summed E-state index contributed by atoms with van der Waals surface area (Å²) < 4.78 is 48.6. The van der Waals surface area contributed by atoms with Crippen LogP contribution in [0.5, 0.6) is 11.5 Å². The van der Waals surface area contributed by atoms with Crippen LogP contribution in [-0.2, 0) is 29.1 Å². The Balaban J connectivity index is 0.000000460. The number of methoxy groups -OCH3 is 2. The van der Waals surface area contributed by atoms with E-state index in [9.17, 15) is 22.8 Å². The van der Waals surface area contributed by atoms with E-state index in [0.717, 1.165) is 99.6 Å². The van der Waals surface area contributed by atoms with E-state index in [1.807, 2.05) is 32.8 Å². The summed E-state index contributed by atoms with van der Waals surface area (Å²) in [5.41, 5.74) is 6.87. The molecule has 1 saturated heterocycles. The second-order valence-electron chi connectivity index (χ2n) is 16.1. The Hall–Kier alpha value is -4.44. The molecule has 2 aromatic rings. The van der Waals surface area contributed by atoms with Gasteiger partial charge in [-0.3, -0.25) is 24.3 Å². The molecule has 0 aromatic heterocycles. The van der Waals surface area contributed by atoms with Crippen LogP contribution >= 0.6 is 0 Å². The van der Waals surface area contributed by atoms with E-state index in [1.165, 1.54) is 30.0 Å². The van der Waals surface area contributed by atoms with E-state index in [1.54, 1.807) is 19.8 Å². The first-order valence-electron chi connectivity index (χ1n) is 19.0. The van der Waals surface area contributed by atoms with Gasteiger partial charge in [-0.25, -0.2) is 0 Å². The zero-order chi connectivity index (χ0) is 41.6. The number of nitriles is 1. The van der Waals surface area contributed by atoms with E-state index in [2.05, 4.69) is 65.2 Å². The molecular formula is C44H58F3N5O4. The Labute approximate surface area is 331 Å². The lowest BCUT2D eigenvalue weighted by Gasteiger charge is -2.43. The Bertz CT molecular complexity index is 1860. The molecule has 1 saturated carbocycles. The smallest absolute Gasteiger partial charge is 0.397 e. The number of ether oxygens (including phenoxy) is 2. The number of halogens is 3. The number of piperazine rings is 1. The number of alkyl halides is 3. The average molecular weight is 778 g/mol. The number of carbonyl (C=O) groups excluding carboxylic acids is 2. The minimum absolute atomic E-state index is 0.105. The highest BCUT2D eigenvalue weighted by Gasteiger charge is 2.51. The molecule has 56 heavy (non-hydrogen) atoms. The van der Waals surface area contributed by atoms with Crippen LogP contribution < -0.4 is 9.47 Å². The van der Waals surface area contributed by atoms with Gasteiger partial charge in [-0.15, -0.1) is 0 Å². The molecule has 9 nitrogen and oxygen atoms in total. The van der Waals surface area contributed by atoms with E-state index in [4.69, 9.17) is 14.7 Å². The lowest BCUT2D eigenvalue weighted by molar-refractivity contribution is -0.193. The van der Waals surface area contributed by atoms with Crippen molar-refractivity contribution in [3.05, 3.63) is 87.1 Å². The molecule has 0 N–H and O–H groups in total. The van der Waals surface area contributed by atoms with Crippen molar-refractivity contribution in [2.45, 2.75) is 84.7 Å². The predicted molar refractivity (Wildman–Crippen MR) is 214 cm³/mol. The topological polar surface area (TPSA) is 89.3 Å². The third-order valence-corrected chi connectivity index (χ3v) is 11.6. The number of benzene rings is 2. The molecule has 1 spiro atoms. The number of hydrogen-bond acceptors (Lipinski definition) is 9. The SMILES string of the molecule is CC(C)(/C=C(\C#N)C=O)C(F)(F)F.COc1cc(C(=C/N(C)C)/C(C)=C(/C)C=O)cc(OC)c1CN1CCN(Cc2cccc3c2CCN(C)C3C)C2(CC2)C1. The molecular weight excluding hydrogens is 720 g/mol. The first kappa shape index (κ1) is 44.3. The highest BCUT2D eigenvalue weighted by Crippen LogP contribution is 2.47. The Morgan fingerprint density at radius 2 is 1.66 bits per heavy atom. The van der Waals surface area contributed by atoms with Crippen LogP contribution in [0.15, 0.2) is 59.3 Å². The van der Waals surface area contributed by atoms with Gasteiger partial charge in [-0.2, -0.15) is 18.4 Å². The fraction of sp³-hybridized carbons (Fsp3) is 0.523. The van der Waals surface area contributed by atoms with Crippen molar-refractivity contribution in [3.63, 3.8) is 0 Å². The molecule has 2 aromatic carbocycles. The van der Waals surface area contributed by atoms with E-state index < -0.39 is 17.2 Å². The van der Waals surface area contributed by atoms with Gasteiger partial charge >= 0.3 is 6.18 Å². The van der Waals surface area contributed by atoms with Crippen molar-refractivity contribution in [1.29, 1.82) is 5.26 Å². The maximum absolute atomic E-state index is 12.2. The maximum atomic E-state index is 12.2. The second kappa shape index (κ2) is 18.2. The summed E-state index contributed by atoms with van der Waals surface area (Å²) in [6.45, 7) is 14.1. The van der Waals surface area contributed by atoms with Gasteiger partial charge < -0.3 is 14.4 Å². The van der Waals surface area contributed by atoms with Crippen molar-refractivity contribution < 1.29 is 32.2 Å². The van der Waals surface area contributed by atoms with Gasteiger partial charge in [0.15, 0.2) is 6.29 Å². The van der Waals surface area contributed by atoms with Crippen molar-refractivity contribution >= 4 is 18.1 Å². The monoisotopic (exact) mass is 777 g/mol. The lowest BCUT2D eigenvalue weighted by Crippen LogP contribution is -2.54. The molecule has 2 heterocycles. The van der Waals surface area contributed by atoms with E-state index in [0.29, 0.717) is 17.7 Å². The third kappa shape index (κ3) is 10.1. The number of hydrogen-bond donors (Lipinski definition) is 0. The normalized spacial score (nSPS) is 19.5. The molecule has 1 unspecified atom stereocenters. The van der Waals surface area contributed by atoms with E-state index >= 15 is 0 Å². The van der Waals surface area contributed by atoms with Gasteiger partial charge in [0, 0.05) is 76.7 Å². The van der Waals surface area contributed by atoms with Gasteiger partial charge in [0.2, 0.25) is 0 Å². The summed E-state index contributed by atoms with van der Waals surface area (Å²) in [5.74, 6) is 1.63. The van der Waals surface area contributed by atoms with Gasteiger partial charge in [0.1, 0.15) is 23.9 Å². The summed E-state index contributed by atoms with van der Waals surface area (Å²) in [6, 6.07) is 13.0. The number of nitrogens with zero attached hydrogens (tertiary/aromatic N) is 5. The molecule has 304 valence electrons. The Morgan fingerprint density at radius 3 is 2.18 bits per heavy atom. The fourth-order valence-electron chi connectivity index (χ4n) is 7.55. The van der Waals surface area contributed by atoms with Crippen LogP contribution in [0.1, 0.15) is 81.3 Å². The first-order chi connectivity index (χ1) is 26.3. The van der Waals surface area contributed by atoms with Crippen LogP contribution in [-0.4, -0.2) is 105 Å². The van der Waals surface area contributed by atoms with Crippen LogP contribution in [0, 0.1) is 16.7 Å². The Kier molecular flexibility index (Phi) is 14.4. The largest absolute Gasteiger partial charge is 0.496 e. The lowest BCUT2D eigenvalue weighted by atomic mass is 9.89. The second-order valence-corrected chi connectivity index (χ2v) is 16.1. The minimum atomic E-state index is -4.46. The van der Waals surface area contributed by atoms with Gasteiger partial charge in [0.25, 0.3) is 0 Å². The number of likely N-dealkylation sites (N-methyl/N-ethyl adjacent to an activating group) is 1. The quantitative estimate of drug-likeness (QED) is 0.0929. The highest BCUT2D eigenvalue weighted by atomic mass is 19.4. The van der Waals surface area contributed by atoms with Crippen LogP contribution in [0.4, 0.5) is 13.2 Å². The number of aldehydes is 2. The summed E-state index contributed by atoms with van der Waals surface area (Å²) in [5, 5.41) is 8.24. The zero-order valence-corrected chi connectivity index (χ0v) is 34.6. The van der Waals surface area contributed by atoms with Crippen molar-refractivity contribution in [2.75, 3.05) is 61.5 Å². The maximum Gasteiger partial charge on any atom is 0.397 e. The zero-order valence-electron chi connectivity index (χ0n) is 34.6. The van der Waals surface area contributed by atoms with Crippen molar-refractivity contribution in [1.82, 2.24) is 19.6 Å². The summed E-state index contributed by atoms with van der Waals surface area (Å²) in [7, 11) is 9.69. The predicted octanol–water partition coefficient (Wildman–Crippen LogP) is 7.76. The molecule has 2 aliphatic heterocycles. The minimum Gasteiger partial charge on any atom is -0.496 e. The molecule has 0 radical (unpaired) electrons. The molecule has 12 heteroatoms. The molecule has 0 bridgehead atoms. The summed E-state index contributed by atoms with van der Waals surface area (Å²) >= 11 is 0. The fourth-order valence-corrected chi connectivity index (χ4v) is 7.55. The third-order valence-electron chi connectivity index (χ3n) is 11.6. The summed E-state index contributed by atoms with van der Waals surface area (Å²) in [4.78, 5) is 31.5. The number of allylic oxidation sites excluding steroid dienone is 5. The average Bonchev–Trinajstić information content (AvgIpc) is 3.93. The van der Waals surface area contributed by atoms with E-state index in [-0.39, 0.29) is 11.8 Å². The number of rotatable bonds is 12. The highest BCUT2D eigenvalue weighted by molar-refractivity contribution is 5.87. The molecule has 3 aliphatic rings. The van der Waals surface area contributed by atoms with Gasteiger partial charge in [-0.05, 0) is 113 Å². The van der Waals surface area contributed by atoms with Crippen molar-refractivity contribution in [2.24, 2.45) is 5.41 Å². The first-order valence-corrected chi connectivity index (χ1v) is 19.0. The molecule has 1 atom stereocenters. The molecule has 1 aliphatic carbocycles. The molecule has 2 fully saturated rings. The number of carbonyl (C=O) groups is 2. The van der Waals surface area contributed by atoms with Crippen LogP contribution in [0.25, 0.3) is 5.57 Å². The summed E-state index contributed by atoms with van der Waals surface area (Å²) in [6.07, 6.45) is 2.88. The van der Waals surface area contributed by atoms with Gasteiger partial charge in [0.05, 0.1) is 30.8 Å². The van der Waals surface area contributed by atoms with Gasteiger partial charge in [-0.1, -0.05) is 18.2 Å². The molecule has 0 amide bonds. The molecule has 5 rings (SSSR count). The van der Waals surface area contributed by atoms with Crippen LogP contribution in [0.3, 0.4) is 0 Å². The standard InChI is InChI=1S/C36H50N4O3.C8H8F3NO/c1-25(23-41)26(2)32(21-37(4)5)29-18-34(42-7)33(35(19-29)43-8)22-39-16-17-40(36(24-39)13-14-36)20-28-10-9-11-30-27(3)38(6)15-12-31(28)30;1-7(2,8(9,10)11)3-6(4-12)5-13/h9-11,18-19,21,23,27H,12-17,20,22,24H2,1-8H3;3,5H,1-2H3/b26-25-,32-21+;6-3+. The van der Waals surface area contributed by atoms with Crippen molar-refractivity contribution in [3.8, 4) is 17.6 Å². The Morgan fingerprint density at radius 1 is 1.02 bits per heavy atom.